The van der Waals surface area contributed by atoms with E-state index in [9.17, 15) is 15.0 Å². The van der Waals surface area contributed by atoms with Crippen molar-refractivity contribution in [3.8, 4) is 11.5 Å². The third-order valence-corrected chi connectivity index (χ3v) is 3.74. The van der Waals surface area contributed by atoms with E-state index in [4.69, 9.17) is 5.73 Å². The zero-order chi connectivity index (χ0) is 18.5. The molecule has 3 aromatic rings. The molecule has 3 rings (SSSR count). The van der Waals surface area contributed by atoms with Crippen LogP contribution in [0.25, 0.3) is 0 Å². The van der Waals surface area contributed by atoms with E-state index in [1.165, 1.54) is 18.2 Å². The van der Waals surface area contributed by atoms with Crippen molar-refractivity contribution < 1.29 is 15.0 Å². The molecule has 26 heavy (non-hydrogen) atoms. The molecule has 6 heteroatoms. The molecular formula is C20H17N3O3. The lowest BCUT2D eigenvalue weighted by Gasteiger charge is -2.11. The minimum atomic E-state index is -0.458. The molecule has 130 valence electrons. The number of phenols is 2. The summed E-state index contributed by atoms with van der Waals surface area (Å²) in [6.45, 7) is 0. The number of carbonyl (C=O) groups is 1. The zero-order valence-electron chi connectivity index (χ0n) is 13.8. The van der Waals surface area contributed by atoms with Gasteiger partial charge in [-0.05, 0) is 42.5 Å². The Kier molecular flexibility index (Phi) is 4.85. The van der Waals surface area contributed by atoms with Crippen LogP contribution < -0.4 is 11.2 Å². The second-order valence-corrected chi connectivity index (χ2v) is 5.56. The molecule has 0 aliphatic heterocycles. The van der Waals surface area contributed by atoms with Gasteiger partial charge < -0.3 is 15.9 Å². The van der Waals surface area contributed by atoms with E-state index >= 15 is 0 Å². The summed E-state index contributed by atoms with van der Waals surface area (Å²) in [5, 5.41) is 24.5. The minimum Gasteiger partial charge on any atom is -0.507 e. The summed E-state index contributed by atoms with van der Waals surface area (Å²) in [6.07, 6.45) is 0. The Morgan fingerprint density at radius 2 is 1.42 bits per heavy atom. The SMILES string of the molecule is Nc1cccc(C(=O)NN=C(c2ccccc2O)c2ccccc2O)c1. The van der Waals surface area contributed by atoms with Crippen LogP contribution in [0.5, 0.6) is 11.5 Å². The fourth-order valence-electron chi connectivity index (χ4n) is 2.46. The molecule has 1 amide bonds. The van der Waals surface area contributed by atoms with E-state index in [-0.39, 0.29) is 17.2 Å². The van der Waals surface area contributed by atoms with E-state index in [0.29, 0.717) is 22.4 Å². The lowest BCUT2D eigenvalue weighted by atomic mass is 10.0. The van der Waals surface area contributed by atoms with Crippen LogP contribution in [0.4, 0.5) is 5.69 Å². The average Bonchev–Trinajstić information content (AvgIpc) is 2.64. The number of hydrazone groups is 1. The fraction of sp³-hybridized carbons (Fsp3) is 0. The summed E-state index contributed by atoms with van der Waals surface area (Å²) in [4.78, 5) is 12.3. The molecule has 0 spiro atoms. The summed E-state index contributed by atoms with van der Waals surface area (Å²) in [5.41, 5.74) is 9.94. The summed E-state index contributed by atoms with van der Waals surface area (Å²) in [5.74, 6) is -0.499. The van der Waals surface area contributed by atoms with Crippen LogP contribution in [0.3, 0.4) is 0 Å². The van der Waals surface area contributed by atoms with Gasteiger partial charge in [-0.1, -0.05) is 30.3 Å². The third kappa shape index (κ3) is 3.64. The predicted octanol–water partition coefficient (Wildman–Crippen LogP) is 2.86. The van der Waals surface area contributed by atoms with Crippen molar-refractivity contribution in [3.63, 3.8) is 0 Å². The number of nitrogens with zero attached hydrogens (tertiary/aromatic N) is 1. The molecule has 0 saturated carbocycles. The first kappa shape index (κ1) is 17.0. The van der Waals surface area contributed by atoms with E-state index in [1.807, 2.05) is 0 Å². The highest BCUT2D eigenvalue weighted by Crippen LogP contribution is 2.25. The van der Waals surface area contributed by atoms with Crippen molar-refractivity contribution in [3.05, 3.63) is 89.5 Å². The summed E-state index contributed by atoms with van der Waals surface area (Å²) in [6, 6.07) is 19.6. The van der Waals surface area contributed by atoms with E-state index in [2.05, 4.69) is 10.5 Å². The van der Waals surface area contributed by atoms with Crippen LogP contribution in [0.2, 0.25) is 0 Å². The van der Waals surface area contributed by atoms with Gasteiger partial charge in [0.25, 0.3) is 5.91 Å². The van der Waals surface area contributed by atoms with Gasteiger partial charge in [-0.2, -0.15) is 5.10 Å². The first-order valence-corrected chi connectivity index (χ1v) is 7.86. The average molecular weight is 347 g/mol. The zero-order valence-corrected chi connectivity index (χ0v) is 13.8. The largest absolute Gasteiger partial charge is 0.507 e. The summed E-state index contributed by atoms with van der Waals surface area (Å²) in [7, 11) is 0. The maximum absolute atomic E-state index is 12.3. The third-order valence-electron chi connectivity index (χ3n) is 3.74. The normalized spacial score (nSPS) is 10.2. The van der Waals surface area contributed by atoms with Crippen molar-refractivity contribution >= 4 is 17.3 Å². The van der Waals surface area contributed by atoms with Gasteiger partial charge in [0, 0.05) is 22.4 Å². The predicted molar refractivity (Wildman–Crippen MR) is 100 cm³/mol. The number of anilines is 1. The second kappa shape index (κ2) is 7.40. The van der Waals surface area contributed by atoms with Crippen LogP contribution in [0.1, 0.15) is 21.5 Å². The molecule has 0 saturated heterocycles. The maximum Gasteiger partial charge on any atom is 0.271 e. The topological polar surface area (TPSA) is 108 Å². The van der Waals surface area contributed by atoms with Crippen molar-refractivity contribution in [1.82, 2.24) is 5.43 Å². The van der Waals surface area contributed by atoms with Crippen LogP contribution in [-0.2, 0) is 0 Å². The molecule has 0 unspecified atom stereocenters. The first-order valence-electron chi connectivity index (χ1n) is 7.86. The van der Waals surface area contributed by atoms with E-state index in [1.54, 1.807) is 54.6 Å². The Morgan fingerprint density at radius 3 is 1.96 bits per heavy atom. The van der Waals surface area contributed by atoms with Gasteiger partial charge in [0.15, 0.2) is 0 Å². The highest BCUT2D eigenvalue weighted by Gasteiger charge is 2.15. The smallest absolute Gasteiger partial charge is 0.271 e. The molecule has 3 aromatic carbocycles. The number of amides is 1. The number of aromatic hydroxyl groups is 2. The van der Waals surface area contributed by atoms with Crippen LogP contribution >= 0.6 is 0 Å². The number of nitrogen functional groups attached to an aromatic ring is 1. The number of para-hydroxylation sites is 2. The molecule has 0 aromatic heterocycles. The maximum atomic E-state index is 12.3. The molecule has 0 aliphatic carbocycles. The number of phenolic OH excluding ortho intramolecular Hbond substituents is 2. The molecule has 0 heterocycles. The van der Waals surface area contributed by atoms with Crippen molar-refractivity contribution in [1.29, 1.82) is 0 Å². The fourth-order valence-corrected chi connectivity index (χ4v) is 2.46. The Balaban J connectivity index is 2.01. The van der Waals surface area contributed by atoms with Gasteiger partial charge in [-0.3, -0.25) is 4.79 Å². The molecule has 0 bridgehead atoms. The highest BCUT2D eigenvalue weighted by atomic mass is 16.3. The van der Waals surface area contributed by atoms with Crippen LogP contribution in [0.15, 0.2) is 77.9 Å². The molecular weight excluding hydrogens is 330 g/mol. The Morgan fingerprint density at radius 1 is 0.846 bits per heavy atom. The molecule has 0 radical (unpaired) electrons. The number of carbonyl (C=O) groups excluding carboxylic acids is 1. The molecule has 6 nitrogen and oxygen atoms in total. The second-order valence-electron chi connectivity index (χ2n) is 5.56. The molecule has 0 fully saturated rings. The Hall–Kier alpha value is -3.80. The number of rotatable bonds is 4. The van der Waals surface area contributed by atoms with Crippen LogP contribution in [0, 0.1) is 0 Å². The van der Waals surface area contributed by atoms with Gasteiger partial charge in [-0.15, -0.1) is 0 Å². The quantitative estimate of drug-likeness (QED) is 0.331. The number of benzene rings is 3. The summed E-state index contributed by atoms with van der Waals surface area (Å²) < 4.78 is 0. The minimum absolute atomic E-state index is 0.0206. The van der Waals surface area contributed by atoms with Gasteiger partial charge in [-0.25, -0.2) is 5.43 Å². The van der Waals surface area contributed by atoms with Crippen LogP contribution in [-0.4, -0.2) is 21.8 Å². The van der Waals surface area contributed by atoms with Gasteiger partial charge in [0.05, 0.1) is 0 Å². The van der Waals surface area contributed by atoms with Crippen molar-refractivity contribution in [2.24, 2.45) is 5.10 Å². The van der Waals surface area contributed by atoms with Gasteiger partial charge in [0.1, 0.15) is 17.2 Å². The lowest BCUT2D eigenvalue weighted by molar-refractivity contribution is 0.0955. The van der Waals surface area contributed by atoms with E-state index in [0.717, 1.165) is 0 Å². The molecule has 0 aliphatic rings. The van der Waals surface area contributed by atoms with Gasteiger partial charge >= 0.3 is 0 Å². The monoisotopic (exact) mass is 347 g/mol. The summed E-state index contributed by atoms with van der Waals surface area (Å²) >= 11 is 0. The number of hydrogen-bond donors (Lipinski definition) is 4. The molecule has 0 atom stereocenters. The highest BCUT2D eigenvalue weighted by molar-refractivity contribution is 6.16. The van der Waals surface area contributed by atoms with E-state index < -0.39 is 5.91 Å². The van der Waals surface area contributed by atoms with Gasteiger partial charge in [0.2, 0.25) is 0 Å². The Bertz CT molecular complexity index is 936. The molecule has 5 N–H and O–H groups in total. The number of nitrogens with two attached hydrogens (primary N) is 1. The number of nitrogens with one attached hydrogen (secondary N) is 1. The Labute approximate surface area is 150 Å². The first-order chi connectivity index (χ1) is 12.6. The standard InChI is InChI=1S/C20H17N3O3/c21-14-7-5-6-13(12-14)20(26)23-22-19(15-8-1-3-10-17(15)24)16-9-2-4-11-18(16)25/h1-12,24-25H,21H2,(H,23,26). The lowest BCUT2D eigenvalue weighted by Crippen LogP contribution is -2.21. The van der Waals surface area contributed by atoms with Crippen molar-refractivity contribution in [2.45, 2.75) is 0 Å². The number of hydrogen-bond acceptors (Lipinski definition) is 5. The van der Waals surface area contributed by atoms with Crippen molar-refractivity contribution in [2.75, 3.05) is 5.73 Å².